The van der Waals surface area contributed by atoms with E-state index in [0.29, 0.717) is 6.10 Å². The van der Waals surface area contributed by atoms with Crippen LogP contribution in [0.25, 0.3) is 11.0 Å². The van der Waals surface area contributed by atoms with Crippen molar-refractivity contribution in [1.29, 1.82) is 0 Å². The van der Waals surface area contributed by atoms with Gasteiger partial charge in [0, 0.05) is 6.54 Å². The molecule has 1 aliphatic carbocycles. The van der Waals surface area contributed by atoms with E-state index in [1.807, 2.05) is 0 Å². The molecule has 0 bridgehead atoms. The van der Waals surface area contributed by atoms with Crippen molar-refractivity contribution in [3.8, 4) is 0 Å². The number of aryl methyl sites for hydroxylation is 1. The van der Waals surface area contributed by atoms with Crippen LogP contribution in [0.4, 0.5) is 0 Å². The van der Waals surface area contributed by atoms with Gasteiger partial charge in [-0.25, -0.2) is 0 Å². The molecule has 0 atom stereocenters. The maximum absolute atomic E-state index is 6.00. The summed E-state index contributed by atoms with van der Waals surface area (Å²) >= 11 is 5.42. The van der Waals surface area contributed by atoms with Crippen molar-refractivity contribution in [2.75, 3.05) is 6.61 Å². The van der Waals surface area contributed by atoms with Gasteiger partial charge in [0.15, 0.2) is 4.77 Å². The third kappa shape index (κ3) is 2.96. The summed E-state index contributed by atoms with van der Waals surface area (Å²) in [7, 11) is 0. The zero-order valence-electron chi connectivity index (χ0n) is 12.0. The van der Waals surface area contributed by atoms with Gasteiger partial charge < -0.3 is 14.3 Å². The SMILES string of the molecule is Cc1ccc2c(c1)[nH]c(=S)n2CCOC1CCCCC1. The molecule has 0 unspecified atom stereocenters. The summed E-state index contributed by atoms with van der Waals surface area (Å²) in [4.78, 5) is 3.28. The monoisotopic (exact) mass is 290 g/mol. The van der Waals surface area contributed by atoms with Crippen LogP contribution in [0.5, 0.6) is 0 Å². The Morgan fingerprint density at radius 1 is 1.30 bits per heavy atom. The number of nitrogens with zero attached hydrogens (tertiary/aromatic N) is 1. The Kier molecular flexibility index (Phi) is 4.22. The normalized spacial score (nSPS) is 16.9. The first-order valence-corrected chi connectivity index (χ1v) is 7.95. The van der Waals surface area contributed by atoms with Crippen molar-refractivity contribution < 1.29 is 4.74 Å². The number of hydrogen-bond acceptors (Lipinski definition) is 2. The molecule has 20 heavy (non-hydrogen) atoms. The summed E-state index contributed by atoms with van der Waals surface area (Å²) in [5, 5.41) is 0. The topological polar surface area (TPSA) is 29.9 Å². The highest BCUT2D eigenvalue weighted by atomic mass is 32.1. The van der Waals surface area contributed by atoms with Crippen LogP contribution in [-0.4, -0.2) is 22.3 Å². The van der Waals surface area contributed by atoms with Crippen molar-refractivity contribution in [3.05, 3.63) is 28.5 Å². The predicted molar refractivity (Wildman–Crippen MR) is 84.7 cm³/mol. The van der Waals surface area contributed by atoms with E-state index in [-0.39, 0.29) is 0 Å². The fourth-order valence-corrected chi connectivity index (χ4v) is 3.34. The first-order valence-electron chi connectivity index (χ1n) is 7.55. The highest BCUT2D eigenvalue weighted by molar-refractivity contribution is 7.71. The molecular weight excluding hydrogens is 268 g/mol. The predicted octanol–water partition coefficient (Wildman–Crippen LogP) is 4.36. The standard InChI is InChI=1S/C16H22N2OS/c1-12-7-8-15-14(11-12)17-16(20)18(15)9-10-19-13-5-3-2-4-6-13/h7-8,11,13H,2-6,9-10H2,1H3,(H,17,20). The van der Waals surface area contributed by atoms with Gasteiger partial charge in [0.1, 0.15) is 0 Å². The molecule has 2 aromatic rings. The van der Waals surface area contributed by atoms with Crippen LogP contribution in [0.15, 0.2) is 18.2 Å². The molecule has 3 rings (SSSR count). The van der Waals surface area contributed by atoms with Crippen LogP contribution in [0.3, 0.4) is 0 Å². The van der Waals surface area contributed by atoms with Crippen LogP contribution in [-0.2, 0) is 11.3 Å². The number of hydrogen-bond donors (Lipinski definition) is 1. The molecule has 108 valence electrons. The van der Waals surface area contributed by atoms with E-state index < -0.39 is 0 Å². The van der Waals surface area contributed by atoms with Crippen molar-refractivity contribution >= 4 is 23.3 Å². The third-order valence-electron chi connectivity index (χ3n) is 4.15. The van der Waals surface area contributed by atoms with Crippen molar-refractivity contribution in [2.45, 2.75) is 51.7 Å². The Balaban J connectivity index is 1.68. The molecule has 1 saturated carbocycles. The summed E-state index contributed by atoms with van der Waals surface area (Å²) in [5.74, 6) is 0. The molecule has 1 N–H and O–H groups in total. The minimum atomic E-state index is 0.463. The Hall–Kier alpha value is -1.13. The fraction of sp³-hybridized carbons (Fsp3) is 0.562. The second-order valence-electron chi connectivity index (χ2n) is 5.73. The molecule has 0 amide bonds. The zero-order chi connectivity index (χ0) is 13.9. The zero-order valence-corrected chi connectivity index (χ0v) is 12.8. The average molecular weight is 290 g/mol. The van der Waals surface area contributed by atoms with Gasteiger partial charge in [-0.05, 0) is 49.7 Å². The van der Waals surface area contributed by atoms with Gasteiger partial charge in [-0.1, -0.05) is 25.3 Å². The molecule has 1 aromatic carbocycles. The van der Waals surface area contributed by atoms with E-state index in [9.17, 15) is 0 Å². The number of H-pyrrole nitrogens is 1. The summed E-state index contributed by atoms with van der Waals surface area (Å²) in [6.07, 6.45) is 6.90. The fourth-order valence-electron chi connectivity index (χ4n) is 3.04. The molecular formula is C16H22N2OS. The summed E-state index contributed by atoms with van der Waals surface area (Å²) in [5.41, 5.74) is 3.54. The lowest BCUT2D eigenvalue weighted by molar-refractivity contribution is 0.0243. The summed E-state index contributed by atoms with van der Waals surface area (Å²) in [6, 6.07) is 6.41. The number of aromatic nitrogens is 2. The highest BCUT2D eigenvalue weighted by Gasteiger charge is 2.13. The number of nitrogens with one attached hydrogen (secondary N) is 1. The Labute approximate surface area is 125 Å². The maximum atomic E-state index is 6.00. The molecule has 0 aliphatic heterocycles. The third-order valence-corrected chi connectivity index (χ3v) is 4.47. The first kappa shape index (κ1) is 13.8. The van der Waals surface area contributed by atoms with Gasteiger partial charge in [-0.3, -0.25) is 0 Å². The number of rotatable bonds is 4. The molecule has 1 fully saturated rings. The van der Waals surface area contributed by atoms with Gasteiger partial charge >= 0.3 is 0 Å². The van der Waals surface area contributed by atoms with Gasteiger partial charge in [-0.15, -0.1) is 0 Å². The Morgan fingerprint density at radius 2 is 2.10 bits per heavy atom. The second kappa shape index (κ2) is 6.10. The highest BCUT2D eigenvalue weighted by Crippen LogP contribution is 2.21. The van der Waals surface area contributed by atoms with Crippen LogP contribution in [0.1, 0.15) is 37.7 Å². The smallest absolute Gasteiger partial charge is 0.178 e. The number of imidazole rings is 1. The van der Waals surface area contributed by atoms with Gasteiger partial charge in [0.2, 0.25) is 0 Å². The van der Waals surface area contributed by atoms with Gasteiger partial charge in [0.25, 0.3) is 0 Å². The molecule has 4 heteroatoms. The van der Waals surface area contributed by atoms with Crippen LogP contribution >= 0.6 is 12.2 Å². The average Bonchev–Trinajstić information content (AvgIpc) is 2.75. The molecule has 0 spiro atoms. The minimum Gasteiger partial charge on any atom is -0.376 e. The maximum Gasteiger partial charge on any atom is 0.178 e. The molecule has 0 saturated heterocycles. The van der Waals surface area contributed by atoms with Crippen LogP contribution < -0.4 is 0 Å². The van der Waals surface area contributed by atoms with Crippen LogP contribution in [0.2, 0.25) is 0 Å². The van der Waals surface area contributed by atoms with E-state index in [4.69, 9.17) is 17.0 Å². The Morgan fingerprint density at radius 3 is 2.90 bits per heavy atom. The van der Waals surface area contributed by atoms with Gasteiger partial charge in [-0.2, -0.15) is 0 Å². The van der Waals surface area contributed by atoms with E-state index >= 15 is 0 Å². The van der Waals surface area contributed by atoms with E-state index in [2.05, 4.69) is 34.7 Å². The molecule has 1 aliphatic rings. The molecule has 0 radical (unpaired) electrons. The number of benzene rings is 1. The first-order chi connectivity index (χ1) is 9.74. The number of aromatic amines is 1. The lowest BCUT2D eigenvalue weighted by Crippen LogP contribution is -2.19. The van der Waals surface area contributed by atoms with Gasteiger partial charge in [0.05, 0.1) is 23.7 Å². The van der Waals surface area contributed by atoms with Crippen molar-refractivity contribution in [2.24, 2.45) is 0 Å². The summed E-state index contributed by atoms with van der Waals surface area (Å²) < 4.78 is 8.94. The van der Waals surface area contributed by atoms with E-state index in [1.54, 1.807) is 0 Å². The van der Waals surface area contributed by atoms with Crippen LogP contribution in [0, 0.1) is 11.7 Å². The molecule has 1 heterocycles. The Bertz CT molecular complexity index is 637. The quantitative estimate of drug-likeness (QED) is 0.848. The molecule has 3 nitrogen and oxygen atoms in total. The minimum absolute atomic E-state index is 0.463. The van der Waals surface area contributed by atoms with Crippen molar-refractivity contribution in [3.63, 3.8) is 0 Å². The van der Waals surface area contributed by atoms with E-state index in [0.717, 1.165) is 23.4 Å². The second-order valence-corrected chi connectivity index (χ2v) is 6.12. The largest absolute Gasteiger partial charge is 0.376 e. The lowest BCUT2D eigenvalue weighted by Gasteiger charge is -2.22. The number of ether oxygens (including phenoxy) is 1. The van der Waals surface area contributed by atoms with E-state index in [1.165, 1.54) is 43.2 Å². The lowest BCUT2D eigenvalue weighted by atomic mass is 9.98. The molecule has 1 aromatic heterocycles. The van der Waals surface area contributed by atoms with Crippen molar-refractivity contribution in [1.82, 2.24) is 9.55 Å². The summed E-state index contributed by atoms with van der Waals surface area (Å²) in [6.45, 7) is 3.68. The number of fused-ring (bicyclic) bond motifs is 1.